The molecule has 27 heavy (non-hydrogen) atoms. The predicted molar refractivity (Wildman–Crippen MR) is 107 cm³/mol. The topological polar surface area (TPSA) is 67.2 Å². The summed E-state index contributed by atoms with van der Waals surface area (Å²) in [4.78, 5) is 26.0. The van der Waals surface area contributed by atoms with Gasteiger partial charge in [-0.25, -0.2) is 4.68 Å². The zero-order valence-electron chi connectivity index (χ0n) is 17.2. The first-order valence-corrected chi connectivity index (χ1v) is 9.24. The number of aromatic nitrogens is 2. The van der Waals surface area contributed by atoms with Gasteiger partial charge in [0.15, 0.2) is 0 Å². The van der Waals surface area contributed by atoms with Gasteiger partial charge in [0.2, 0.25) is 11.8 Å². The third-order valence-corrected chi connectivity index (χ3v) is 4.57. The molecule has 1 N–H and O–H groups in total. The Morgan fingerprint density at radius 1 is 1.15 bits per heavy atom. The van der Waals surface area contributed by atoms with Crippen molar-refractivity contribution in [2.24, 2.45) is 5.41 Å². The lowest BCUT2D eigenvalue weighted by Crippen LogP contribution is -2.37. The van der Waals surface area contributed by atoms with Crippen LogP contribution in [0, 0.1) is 19.3 Å². The average molecular weight is 370 g/mol. The highest BCUT2D eigenvalue weighted by molar-refractivity contribution is 5.82. The highest BCUT2D eigenvalue weighted by Crippen LogP contribution is 2.19. The smallest absolute Gasteiger partial charge is 0.225 e. The molecule has 0 aliphatic rings. The van der Waals surface area contributed by atoms with Gasteiger partial charge in [0.05, 0.1) is 11.4 Å². The third-order valence-electron chi connectivity index (χ3n) is 4.57. The zero-order chi connectivity index (χ0) is 20.2. The first kappa shape index (κ1) is 20.7. The second kappa shape index (κ2) is 8.37. The number of aryl methyl sites for hydroxylation is 1. The molecule has 2 amide bonds. The monoisotopic (exact) mass is 370 g/mol. The van der Waals surface area contributed by atoms with Gasteiger partial charge in [-0.3, -0.25) is 9.59 Å². The van der Waals surface area contributed by atoms with Gasteiger partial charge in [0, 0.05) is 43.2 Å². The van der Waals surface area contributed by atoms with E-state index in [4.69, 9.17) is 0 Å². The predicted octanol–water partition coefficient (Wildman–Crippen LogP) is 3.00. The molecule has 0 aliphatic heterocycles. The molecule has 6 heteroatoms. The van der Waals surface area contributed by atoms with Crippen LogP contribution in [0.1, 0.15) is 44.1 Å². The molecule has 0 fully saturated rings. The van der Waals surface area contributed by atoms with Crippen molar-refractivity contribution in [3.8, 4) is 5.69 Å². The molecule has 0 saturated carbocycles. The molecule has 1 aromatic carbocycles. The zero-order valence-corrected chi connectivity index (χ0v) is 17.2. The maximum absolute atomic E-state index is 12.4. The van der Waals surface area contributed by atoms with Crippen LogP contribution < -0.4 is 5.32 Å². The molecule has 0 spiro atoms. The summed E-state index contributed by atoms with van der Waals surface area (Å²) < 4.78 is 1.91. The number of nitrogens with one attached hydrogen (secondary N) is 1. The van der Waals surface area contributed by atoms with Crippen LogP contribution in [0.5, 0.6) is 0 Å². The number of benzene rings is 1. The van der Waals surface area contributed by atoms with E-state index < -0.39 is 5.41 Å². The summed E-state index contributed by atoms with van der Waals surface area (Å²) in [7, 11) is 1.78. The van der Waals surface area contributed by atoms with Gasteiger partial charge in [-0.05, 0) is 26.0 Å². The third kappa shape index (κ3) is 5.18. The van der Waals surface area contributed by atoms with Crippen LogP contribution >= 0.6 is 0 Å². The van der Waals surface area contributed by atoms with Gasteiger partial charge in [0.25, 0.3) is 0 Å². The lowest BCUT2D eigenvalue weighted by molar-refractivity contribution is -0.131. The van der Waals surface area contributed by atoms with E-state index in [0.29, 0.717) is 13.1 Å². The molecule has 146 valence electrons. The lowest BCUT2D eigenvalue weighted by atomic mass is 9.96. The summed E-state index contributed by atoms with van der Waals surface area (Å²) in [6, 6.07) is 9.95. The standard InChI is InChI=1S/C21H30N4O2/c1-15-18(16(2)25(23-15)17-10-8-7-9-11-17)14-24(6)19(26)12-13-22-20(27)21(3,4)5/h7-11H,12-14H2,1-6H3,(H,22,27). The van der Waals surface area contributed by atoms with Crippen LogP contribution in [-0.2, 0) is 16.1 Å². The number of hydrogen-bond donors (Lipinski definition) is 1. The fourth-order valence-electron chi connectivity index (χ4n) is 2.79. The first-order valence-electron chi connectivity index (χ1n) is 9.24. The minimum Gasteiger partial charge on any atom is -0.355 e. The average Bonchev–Trinajstić information content (AvgIpc) is 2.89. The van der Waals surface area contributed by atoms with Gasteiger partial charge in [-0.15, -0.1) is 0 Å². The van der Waals surface area contributed by atoms with Crippen LogP contribution in [0.25, 0.3) is 5.69 Å². The molecule has 2 rings (SSSR count). The molecule has 0 atom stereocenters. The Kier molecular flexibility index (Phi) is 6.41. The lowest BCUT2D eigenvalue weighted by Gasteiger charge is -2.20. The quantitative estimate of drug-likeness (QED) is 0.850. The van der Waals surface area contributed by atoms with E-state index >= 15 is 0 Å². The van der Waals surface area contributed by atoms with Crippen LogP contribution in [-0.4, -0.2) is 40.1 Å². The van der Waals surface area contributed by atoms with E-state index in [2.05, 4.69) is 10.4 Å². The molecule has 0 bridgehead atoms. The minimum absolute atomic E-state index is 0.00419. The van der Waals surface area contributed by atoms with Gasteiger partial charge < -0.3 is 10.2 Å². The molecule has 1 aromatic heterocycles. The van der Waals surface area contributed by atoms with Crippen LogP contribution in [0.4, 0.5) is 0 Å². The van der Waals surface area contributed by atoms with Gasteiger partial charge in [-0.1, -0.05) is 39.0 Å². The molecule has 6 nitrogen and oxygen atoms in total. The molecule has 0 unspecified atom stereocenters. The van der Waals surface area contributed by atoms with E-state index in [0.717, 1.165) is 22.6 Å². The van der Waals surface area contributed by atoms with Crippen molar-refractivity contribution in [2.75, 3.05) is 13.6 Å². The van der Waals surface area contributed by atoms with Crippen molar-refractivity contribution in [3.05, 3.63) is 47.3 Å². The Bertz CT molecular complexity index is 804. The molecule has 1 heterocycles. The maximum Gasteiger partial charge on any atom is 0.225 e. The van der Waals surface area contributed by atoms with Gasteiger partial charge in [0.1, 0.15) is 0 Å². The first-order chi connectivity index (χ1) is 12.6. The highest BCUT2D eigenvalue weighted by Gasteiger charge is 2.21. The summed E-state index contributed by atoms with van der Waals surface area (Å²) in [5, 5.41) is 7.44. The highest BCUT2D eigenvalue weighted by atomic mass is 16.2. The Labute approximate surface area is 161 Å². The number of carbonyl (C=O) groups excluding carboxylic acids is 2. The Morgan fingerprint density at radius 3 is 2.37 bits per heavy atom. The van der Waals surface area contributed by atoms with Crippen LogP contribution in [0.3, 0.4) is 0 Å². The summed E-state index contributed by atoms with van der Waals surface area (Å²) >= 11 is 0. The molecular formula is C21H30N4O2. The van der Waals surface area contributed by atoms with E-state index in [1.807, 2.05) is 69.6 Å². The van der Waals surface area contributed by atoms with Crippen molar-refractivity contribution < 1.29 is 9.59 Å². The summed E-state index contributed by atoms with van der Waals surface area (Å²) in [6.45, 7) is 10.4. The number of para-hydroxylation sites is 1. The van der Waals surface area contributed by atoms with Crippen molar-refractivity contribution >= 4 is 11.8 Å². The maximum atomic E-state index is 12.4. The number of rotatable bonds is 6. The van der Waals surface area contributed by atoms with Crippen LogP contribution in [0.2, 0.25) is 0 Å². The normalized spacial score (nSPS) is 11.3. The number of nitrogens with zero attached hydrogens (tertiary/aromatic N) is 3. The van der Waals surface area contributed by atoms with E-state index in [9.17, 15) is 9.59 Å². The second-order valence-corrected chi connectivity index (χ2v) is 7.90. The Hall–Kier alpha value is -2.63. The Balaban J connectivity index is 1.99. The summed E-state index contributed by atoms with van der Waals surface area (Å²) in [5.74, 6) is -0.0516. The molecule has 0 aliphatic carbocycles. The second-order valence-electron chi connectivity index (χ2n) is 7.90. The van der Waals surface area contributed by atoms with Gasteiger partial charge >= 0.3 is 0 Å². The summed E-state index contributed by atoms with van der Waals surface area (Å²) in [6.07, 6.45) is 0.281. The Morgan fingerprint density at radius 2 is 1.78 bits per heavy atom. The summed E-state index contributed by atoms with van der Waals surface area (Å²) in [5.41, 5.74) is 3.54. The molecule has 0 radical (unpaired) electrons. The SMILES string of the molecule is Cc1nn(-c2ccccc2)c(C)c1CN(C)C(=O)CCNC(=O)C(C)(C)C. The van der Waals surface area contributed by atoms with E-state index in [1.54, 1.807) is 11.9 Å². The molecule has 0 saturated heterocycles. The van der Waals surface area contributed by atoms with E-state index in [1.165, 1.54) is 0 Å². The fraction of sp³-hybridized carbons (Fsp3) is 0.476. The number of hydrogen-bond acceptors (Lipinski definition) is 3. The fourth-order valence-corrected chi connectivity index (χ4v) is 2.79. The van der Waals surface area contributed by atoms with E-state index in [-0.39, 0.29) is 18.2 Å². The number of carbonyl (C=O) groups is 2. The van der Waals surface area contributed by atoms with Gasteiger partial charge in [-0.2, -0.15) is 5.10 Å². The van der Waals surface area contributed by atoms with Crippen molar-refractivity contribution in [1.29, 1.82) is 0 Å². The van der Waals surface area contributed by atoms with Crippen LogP contribution in [0.15, 0.2) is 30.3 Å². The molecule has 2 aromatic rings. The number of amides is 2. The molecular weight excluding hydrogens is 340 g/mol. The van der Waals surface area contributed by atoms with Crippen molar-refractivity contribution in [3.63, 3.8) is 0 Å². The van der Waals surface area contributed by atoms with Crippen molar-refractivity contribution in [1.82, 2.24) is 20.0 Å². The largest absolute Gasteiger partial charge is 0.355 e. The van der Waals surface area contributed by atoms with Crippen molar-refractivity contribution in [2.45, 2.75) is 47.6 Å². The minimum atomic E-state index is -0.449.